The number of benzene rings is 2. The van der Waals surface area contributed by atoms with Gasteiger partial charge in [0.2, 0.25) is 0 Å². The molecule has 2 aromatic rings. The average Bonchev–Trinajstić information content (AvgIpc) is 2.65. The molecule has 0 bridgehead atoms. The Morgan fingerprint density at radius 2 is 1.48 bits per heavy atom. The van der Waals surface area contributed by atoms with Crippen molar-refractivity contribution >= 4 is 10.1 Å². The van der Waals surface area contributed by atoms with Gasteiger partial charge in [0.1, 0.15) is 11.5 Å². The van der Waals surface area contributed by atoms with Crippen LogP contribution in [0.25, 0.3) is 0 Å². The Labute approximate surface area is 217 Å². The van der Waals surface area contributed by atoms with Gasteiger partial charge >= 0.3 is 51.4 Å². The van der Waals surface area contributed by atoms with Gasteiger partial charge in [-0.1, -0.05) is 64.0 Å². The molecule has 0 aliphatic rings. The van der Waals surface area contributed by atoms with E-state index in [1.54, 1.807) is 6.07 Å². The van der Waals surface area contributed by atoms with Gasteiger partial charge in [-0.3, -0.25) is 4.55 Å². The summed E-state index contributed by atoms with van der Waals surface area (Å²) in [6.07, 6.45) is 10.7. The van der Waals surface area contributed by atoms with Crippen LogP contribution in [-0.4, -0.2) is 13.0 Å². The molecule has 0 spiro atoms. The van der Waals surface area contributed by atoms with E-state index in [1.807, 2.05) is 0 Å². The van der Waals surface area contributed by atoms with Crippen molar-refractivity contribution in [3.8, 4) is 17.2 Å². The van der Waals surface area contributed by atoms with Crippen molar-refractivity contribution in [3.05, 3.63) is 48.0 Å². The minimum absolute atomic E-state index is 0. The molecule has 7 heteroatoms. The molecular formula is C22H29KO5S. The molecule has 29 heavy (non-hydrogen) atoms. The molecule has 0 aliphatic carbocycles. The van der Waals surface area contributed by atoms with Crippen LogP contribution < -0.4 is 61.2 Å². The molecule has 0 aromatic heterocycles. The summed E-state index contributed by atoms with van der Waals surface area (Å²) in [5.74, 6) is 0.773. The largest absolute Gasteiger partial charge is 1.00 e. The third-order valence-electron chi connectivity index (χ3n) is 4.69. The van der Waals surface area contributed by atoms with Gasteiger partial charge in [0.25, 0.3) is 10.1 Å². The van der Waals surface area contributed by atoms with Crippen LogP contribution in [0.4, 0.5) is 0 Å². The summed E-state index contributed by atoms with van der Waals surface area (Å²) in [4.78, 5) is -0.198. The van der Waals surface area contributed by atoms with E-state index in [9.17, 15) is 13.5 Å². The van der Waals surface area contributed by atoms with Crippen LogP contribution in [0.1, 0.15) is 63.9 Å². The van der Waals surface area contributed by atoms with E-state index in [0.717, 1.165) is 24.8 Å². The molecule has 0 atom stereocenters. The molecule has 0 unspecified atom stereocenters. The quantitative estimate of drug-likeness (QED) is 0.309. The third kappa shape index (κ3) is 9.96. The summed E-state index contributed by atoms with van der Waals surface area (Å²) >= 11 is 0. The van der Waals surface area contributed by atoms with Crippen LogP contribution in [0.5, 0.6) is 17.2 Å². The number of hydrogen-bond donors (Lipinski definition) is 1. The molecule has 0 fully saturated rings. The topological polar surface area (TPSA) is 86.7 Å². The van der Waals surface area contributed by atoms with Crippen molar-refractivity contribution in [2.24, 2.45) is 0 Å². The fraction of sp³-hybridized carbons (Fsp3) is 0.455. The molecule has 2 rings (SSSR count). The van der Waals surface area contributed by atoms with Gasteiger partial charge < -0.3 is 9.84 Å². The number of hydrogen-bond acceptors (Lipinski definition) is 4. The number of ether oxygens (including phenoxy) is 1. The van der Waals surface area contributed by atoms with Gasteiger partial charge in [-0.25, -0.2) is 0 Å². The zero-order valence-corrected chi connectivity index (χ0v) is 21.3. The van der Waals surface area contributed by atoms with E-state index in [4.69, 9.17) is 9.29 Å². The van der Waals surface area contributed by atoms with Crippen molar-refractivity contribution in [1.82, 2.24) is 0 Å². The molecule has 0 amide bonds. The first kappa shape index (κ1) is 26.6. The van der Waals surface area contributed by atoms with E-state index in [0.29, 0.717) is 11.5 Å². The zero-order valence-electron chi connectivity index (χ0n) is 17.4. The van der Waals surface area contributed by atoms with E-state index < -0.39 is 10.1 Å². The fourth-order valence-electron chi connectivity index (χ4n) is 3.09. The second-order valence-corrected chi connectivity index (χ2v) is 8.46. The molecule has 0 heterocycles. The molecule has 2 aromatic carbocycles. The van der Waals surface area contributed by atoms with Crippen molar-refractivity contribution < 1.29 is 74.2 Å². The van der Waals surface area contributed by atoms with Crippen molar-refractivity contribution in [1.29, 1.82) is 0 Å². The molecule has 1 N–H and O–H groups in total. The predicted molar refractivity (Wildman–Crippen MR) is 109 cm³/mol. The SMILES string of the molecule is CCCCCCCCCCc1ccc([O-])cc1Oc1ccc(S(=O)(=O)O)cc1.[K+]. The van der Waals surface area contributed by atoms with Crippen molar-refractivity contribution in [3.63, 3.8) is 0 Å². The minimum Gasteiger partial charge on any atom is -0.872 e. The van der Waals surface area contributed by atoms with Crippen molar-refractivity contribution in [2.45, 2.75) is 69.6 Å². The van der Waals surface area contributed by atoms with Gasteiger partial charge in [-0.15, -0.1) is 5.75 Å². The Bertz CT molecular complexity index is 835. The van der Waals surface area contributed by atoms with Crippen LogP contribution >= 0.6 is 0 Å². The van der Waals surface area contributed by atoms with Crippen LogP contribution in [0.15, 0.2) is 47.4 Å². The Morgan fingerprint density at radius 3 is 2.07 bits per heavy atom. The Hall–Kier alpha value is -0.414. The van der Waals surface area contributed by atoms with Crippen molar-refractivity contribution in [2.75, 3.05) is 0 Å². The summed E-state index contributed by atoms with van der Waals surface area (Å²) in [5.41, 5.74) is 0.962. The molecular weight excluding hydrogens is 415 g/mol. The first-order valence-corrected chi connectivity index (χ1v) is 11.4. The predicted octanol–water partition coefficient (Wildman–Crippen LogP) is 2.49. The van der Waals surface area contributed by atoms with Crippen LogP contribution in [-0.2, 0) is 16.5 Å². The van der Waals surface area contributed by atoms with E-state index in [1.165, 1.54) is 74.9 Å². The first-order chi connectivity index (χ1) is 13.4. The summed E-state index contributed by atoms with van der Waals surface area (Å²) in [6, 6.07) is 10.2. The molecule has 0 radical (unpaired) electrons. The summed E-state index contributed by atoms with van der Waals surface area (Å²) in [5, 5.41) is 11.7. The molecule has 0 aliphatic heterocycles. The second-order valence-electron chi connectivity index (χ2n) is 7.04. The third-order valence-corrected chi connectivity index (χ3v) is 5.56. The summed E-state index contributed by atoms with van der Waals surface area (Å²) in [7, 11) is -4.24. The maximum absolute atomic E-state index is 11.7. The van der Waals surface area contributed by atoms with Crippen LogP contribution in [0.2, 0.25) is 0 Å². The normalized spacial score (nSPS) is 11.1. The number of unbranched alkanes of at least 4 members (excludes halogenated alkanes) is 7. The Balaban J connectivity index is 0.00000420. The van der Waals surface area contributed by atoms with Gasteiger partial charge in [-0.05, 0) is 48.7 Å². The van der Waals surface area contributed by atoms with Gasteiger partial charge in [-0.2, -0.15) is 8.42 Å². The maximum atomic E-state index is 11.7. The standard InChI is InChI=1S/C22H30O5S.K/c1-2-3-4-5-6-7-8-9-10-18-11-12-19(23)17-22(18)27-20-13-15-21(16-14-20)28(24,25)26;/h11-17,23H,2-10H2,1H3,(H,24,25,26);/q;+1/p-1. The molecule has 154 valence electrons. The van der Waals surface area contributed by atoms with Gasteiger partial charge in [0, 0.05) is 0 Å². The first-order valence-electron chi connectivity index (χ1n) is 9.95. The average molecular weight is 445 g/mol. The summed E-state index contributed by atoms with van der Waals surface area (Å²) < 4.78 is 37.1. The fourth-order valence-corrected chi connectivity index (χ4v) is 3.57. The molecule has 0 saturated carbocycles. The number of aryl methyl sites for hydroxylation is 1. The van der Waals surface area contributed by atoms with Gasteiger partial charge in [0.15, 0.2) is 0 Å². The maximum Gasteiger partial charge on any atom is 1.00 e. The van der Waals surface area contributed by atoms with Gasteiger partial charge in [0.05, 0.1) is 4.90 Å². The number of rotatable bonds is 12. The summed E-state index contributed by atoms with van der Waals surface area (Å²) in [6.45, 7) is 2.22. The van der Waals surface area contributed by atoms with E-state index in [-0.39, 0.29) is 62.0 Å². The Morgan fingerprint density at radius 1 is 0.897 bits per heavy atom. The zero-order chi connectivity index (χ0) is 20.4. The van der Waals surface area contributed by atoms with E-state index in [2.05, 4.69) is 6.92 Å². The van der Waals surface area contributed by atoms with Crippen LogP contribution in [0, 0.1) is 0 Å². The van der Waals surface area contributed by atoms with Crippen LogP contribution in [0.3, 0.4) is 0 Å². The molecule has 5 nitrogen and oxygen atoms in total. The second kappa shape index (κ2) is 13.8. The van der Waals surface area contributed by atoms with E-state index >= 15 is 0 Å². The minimum atomic E-state index is -4.24. The molecule has 0 saturated heterocycles. The smallest absolute Gasteiger partial charge is 0.872 e. The Kier molecular flexibility index (Phi) is 12.7. The monoisotopic (exact) mass is 444 g/mol.